The highest BCUT2D eigenvalue weighted by Gasteiger charge is 2.23. The summed E-state index contributed by atoms with van der Waals surface area (Å²) in [6.45, 7) is 4.77. The average Bonchev–Trinajstić information content (AvgIpc) is 2.93. The Morgan fingerprint density at radius 1 is 1.13 bits per heavy atom. The Balaban J connectivity index is 1.30. The molecular weight excluding hydrogens is 508 g/mol. The van der Waals surface area contributed by atoms with Gasteiger partial charge >= 0.3 is 6.09 Å². The van der Waals surface area contributed by atoms with Gasteiger partial charge in [0, 0.05) is 42.2 Å². The van der Waals surface area contributed by atoms with E-state index in [-0.39, 0.29) is 22.4 Å². The molecule has 1 aliphatic rings. The number of carbonyl (C=O) groups excluding carboxylic acids is 2. The minimum Gasteiger partial charge on any atom is -0.506 e. The van der Waals surface area contributed by atoms with Crippen molar-refractivity contribution in [3.63, 3.8) is 0 Å². The third-order valence-electron chi connectivity index (χ3n) is 6.31. The standard InChI is InChI=1S/C28H31ClN4O5/c1-2-37-28(36)33-14-11-21(12-15-33)30-13-16-38-26-10-8-20(22-5-3-4-6-23(22)26)18-31-32-27(35)19-7-9-25(34)24(29)17-19/h3-10,17-18,21,30,34H,2,11-16H2,1H3,(H,32,35)/b31-18+. The summed E-state index contributed by atoms with van der Waals surface area (Å²) in [7, 11) is 0. The molecule has 1 heterocycles. The summed E-state index contributed by atoms with van der Waals surface area (Å²) in [5, 5.41) is 19.1. The lowest BCUT2D eigenvalue weighted by atomic mass is 10.0. The van der Waals surface area contributed by atoms with E-state index in [2.05, 4.69) is 15.8 Å². The molecule has 0 aliphatic carbocycles. The first kappa shape index (κ1) is 27.2. The zero-order valence-electron chi connectivity index (χ0n) is 21.2. The Hall–Kier alpha value is -3.82. The van der Waals surface area contributed by atoms with Gasteiger partial charge < -0.3 is 24.8 Å². The van der Waals surface area contributed by atoms with Crippen LogP contribution < -0.4 is 15.5 Å². The summed E-state index contributed by atoms with van der Waals surface area (Å²) in [6.07, 6.45) is 3.10. The molecule has 0 radical (unpaired) electrons. The molecule has 1 fully saturated rings. The van der Waals surface area contributed by atoms with E-state index in [0.29, 0.717) is 38.9 Å². The minimum absolute atomic E-state index is 0.0902. The summed E-state index contributed by atoms with van der Waals surface area (Å²) >= 11 is 5.88. The van der Waals surface area contributed by atoms with Gasteiger partial charge in [0.05, 0.1) is 17.8 Å². The number of hydrazone groups is 1. The fraction of sp³-hybridized carbons (Fsp3) is 0.321. The zero-order valence-corrected chi connectivity index (χ0v) is 21.9. The van der Waals surface area contributed by atoms with E-state index in [1.807, 2.05) is 43.3 Å². The summed E-state index contributed by atoms with van der Waals surface area (Å²) in [5.41, 5.74) is 3.59. The van der Waals surface area contributed by atoms with Crippen molar-refractivity contribution in [1.29, 1.82) is 0 Å². The fourth-order valence-corrected chi connectivity index (χ4v) is 4.49. The summed E-state index contributed by atoms with van der Waals surface area (Å²) in [5.74, 6) is 0.235. The van der Waals surface area contributed by atoms with Gasteiger partial charge in [0.25, 0.3) is 5.91 Å². The van der Waals surface area contributed by atoms with Crippen LogP contribution in [0.15, 0.2) is 59.7 Å². The monoisotopic (exact) mass is 538 g/mol. The van der Waals surface area contributed by atoms with Crippen LogP contribution in [0.1, 0.15) is 35.7 Å². The van der Waals surface area contributed by atoms with Gasteiger partial charge in [-0.2, -0.15) is 5.10 Å². The van der Waals surface area contributed by atoms with Crippen LogP contribution in [-0.2, 0) is 4.74 Å². The number of halogens is 1. The van der Waals surface area contributed by atoms with Crippen LogP contribution in [0.5, 0.6) is 11.5 Å². The number of phenols is 1. The molecule has 1 aliphatic heterocycles. The number of fused-ring (bicyclic) bond motifs is 1. The average molecular weight is 539 g/mol. The number of amides is 2. The van der Waals surface area contributed by atoms with Crippen molar-refractivity contribution >= 4 is 40.6 Å². The first-order valence-corrected chi connectivity index (χ1v) is 13.0. The lowest BCUT2D eigenvalue weighted by Crippen LogP contribution is -2.45. The Morgan fingerprint density at radius 2 is 1.89 bits per heavy atom. The van der Waals surface area contributed by atoms with Crippen LogP contribution in [0.2, 0.25) is 5.02 Å². The number of hydrogen-bond donors (Lipinski definition) is 3. The van der Waals surface area contributed by atoms with Gasteiger partial charge in [-0.05, 0) is 55.5 Å². The van der Waals surface area contributed by atoms with Crippen molar-refractivity contribution in [2.75, 3.05) is 32.8 Å². The molecular formula is C28H31ClN4O5. The molecule has 200 valence electrons. The first-order valence-electron chi connectivity index (χ1n) is 12.6. The number of benzene rings is 3. The quantitative estimate of drug-likeness (QED) is 0.209. The van der Waals surface area contributed by atoms with Gasteiger partial charge in [0.15, 0.2) is 0 Å². The third kappa shape index (κ3) is 6.93. The van der Waals surface area contributed by atoms with Crippen molar-refractivity contribution in [2.24, 2.45) is 5.10 Å². The van der Waals surface area contributed by atoms with Gasteiger partial charge in [-0.25, -0.2) is 10.2 Å². The third-order valence-corrected chi connectivity index (χ3v) is 6.61. The van der Waals surface area contributed by atoms with E-state index in [4.69, 9.17) is 21.1 Å². The maximum atomic E-state index is 12.3. The Labute approximate surface area is 226 Å². The zero-order chi connectivity index (χ0) is 26.9. The second-order valence-electron chi connectivity index (χ2n) is 8.83. The molecule has 0 saturated carbocycles. The van der Waals surface area contributed by atoms with E-state index in [9.17, 15) is 14.7 Å². The number of rotatable bonds is 9. The fourth-order valence-electron chi connectivity index (χ4n) is 4.31. The molecule has 3 aromatic rings. The van der Waals surface area contributed by atoms with Crippen molar-refractivity contribution in [3.8, 4) is 11.5 Å². The molecule has 10 heteroatoms. The Morgan fingerprint density at radius 3 is 2.63 bits per heavy atom. The minimum atomic E-state index is -0.438. The van der Waals surface area contributed by atoms with Crippen molar-refractivity contribution in [1.82, 2.24) is 15.6 Å². The molecule has 9 nitrogen and oxygen atoms in total. The van der Waals surface area contributed by atoms with Crippen LogP contribution in [0, 0.1) is 0 Å². The van der Waals surface area contributed by atoms with E-state index >= 15 is 0 Å². The van der Waals surface area contributed by atoms with Gasteiger partial charge in [0.1, 0.15) is 18.1 Å². The normalized spacial score (nSPS) is 14.1. The Kier molecular flexibility index (Phi) is 9.40. The predicted octanol–water partition coefficient (Wildman–Crippen LogP) is 4.55. The van der Waals surface area contributed by atoms with Gasteiger partial charge in [0.2, 0.25) is 0 Å². The molecule has 0 atom stereocenters. The van der Waals surface area contributed by atoms with Crippen molar-refractivity contribution in [2.45, 2.75) is 25.8 Å². The van der Waals surface area contributed by atoms with Gasteiger partial charge in [-0.3, -0.25) is 4.79 Å². The molecule has 0 bridgehead atoms. The van der Waals surface area contributed by atoms with Crippen LogP contribution >= 0.6 is 11.6 Å². The molecule has 3 aromatic carbocycles. The molecule has 38 heavy (non-hydrogen) atoms. The maximum Gasteiger partial charge on any atom is 0.409 e. The van der Waals surface area contributed by atoms with E-state index in [1.165, 1.54) is 18.2 Å². The largest absolute Gasteiger partial charge is 0.506 e. The number of nitrogens with one attached hydrogen (secondary N) is 2. The molecule has 0 spiro atoms. The first-order chi connectivity index (χ1) is 18.5. The number of carbonyl (C=O) groups is 2. The lowest BCUT2D eigenvalue weighted by molar-refractivity contribution is 0.0943. The number of hydrogen-bond acceptors (Lipinski definition) is 7. The molecule has 2 amide bonds. The van der Waals surface area contributed by atoms with Crippen LogP contribution in [0.4, 0.5) is 4.79 Å². The second kappa shape index (κ2) is 13.1. The number of nitrogens with zero attached hydrogens (tertiary/aromatic N) is 2. The van der Waals surface area contributed by atoms with Crippen molar-refractivity contribution in [3.05, 3.63) is 70.7 Å². The maximum absolute atomic E-state index is 12.3. The van der Waals surface area contributed by atoms with E-state index < -0.39 is 5.91 Å². The van der Waals surface area contributed by atoms with Crippen molar-refractivity contribution < 1.29 is 24.2 Å². The highest BCUT2D eigenvalue weighted by atomic mass is 35.5. The number of piperidine rings is 1. The smallest absolute Gasteiger partial charge is 0.409 e. The van der Waals surface area contributed by atoms with Gasteiger partial charge in [-0.1, -0.05) is 35.9 Å². The molecule has 3 N–H and O–H groups in total. The SMILES string of the molecule is CCOC(=O)N1CCC(NCCOc2ccc(/C=N/NC(=O)c3ccc(O)c(Cl)c3)c3ccccc23)CC1. The highest BCUT2D eigenvalue weighted by molar-refractivity contribution is 6.32. The molecule has 0 unspecified atom stereocenters. The lowest BCUT2D eigenvalue weighted by Gasteiger charge is -2.31. The number of ether oxygens (including phenoxy) is 2. The van der Waals surface area contributed by atoms with Crippen LogP contribution in [0.3, 0.4) is 0 Å². The van der Waals surface area contributed by atoms with Crippen LogP contribution in [-0.4, -0.2) is 67.1 Å². The molecule has 1 saturated heterocycles. The summed E-state index contributed by atoms with van der Waals surface area (Å²) in [6, 6.07) is 16.2. The van der Waals surface area contributed by atoms with E-state index in [0.717, 1.165) is 34.9 Å². The highest BCUT2D eigenvalue weighted by Crippen LogP contribution is 2.28. The summed E-state index contributed by atoms with van der Waals surface area (Å²) in [4.78, 5) is 25.9. The predicted molar refractivity (Wildman–Crippen MR) is 147 cm³/mol. The van der Waals surface area contributed by atoms with E-state index in [1.54, 1.807) is 11.1 Å². The number of phenolic OH excluding ortho intramolecular Hbond substituents is 1. The Bertz CT molecular complexity index is 1310. The summed E-state index contributed by atoms with van der Waals surface area (Å²) < 4.78 is 11.2. The number of likely N-dealkylation sites (tertiary alicyclic amines) is 1. The number of aromatic hydroxyl groups is 1. The topological polar surface area (TPSA) is 112 Å². The molecule has 0 aromatic heterocycles. The second-order valence-corrected chi connectivity index (χ2v) is 9.23. The van der Waals surface area contributed by atoms with Crippen LogP contribution in [0.25, 0.3) is 10.8 Å². The van der Waals surface area contributed by atoms with Gasteiger partial charge in [-0.15, -0.1) is 0 Å². The molecule has 4 rings (SSSR count).